The standard InChI is InChI=1S/C12H13N5O/c1-17-12(10(18-2)7-13-17)14-11-8-5-3-4-6-9(8)15-16-11/h3-7H,1-2H3,(H2,14,15,16). The molecule has 2 aromatic heterocycles. The summed E-state index contributed by atoms with van der Waals surface area (Å²) in [5.74, 6) is 2.21. The second-order valence-corrected chi connectivity index (χ2v) is 3.93. The molecule has 0 spiro atoms. The van der Waals surface area contributed by atoms with Crippen molar-refractivity contribution in [2.75, 3.05) is 12.4 Å². The van der Waals surface area contributed by atoms with Gasteiger partial charge in [-0.1, -0.05) is 12.1 Å². The lowest BCUT2D eigenvalue weighted by molar-refractivity contribution is 0.416. The Morgan fingerprint density at radius 1 is 1.33 bits per heavy atom. The number of aromatic amines is 1. The predicted molar refractivity (Wildman–Crippen MR) is 69.1 cm³/mol. The van der Waals surface area contributed by atoms with Gasteiger partial charge >= 0.3 is 0 Å². The lowest BCUT2D eigenvalue weighted by atomic mass is 10.2. The third-order valence-electron chi connectivity index (χ3n) is 2.83. The first kappa shape index (κ1) is 10.6. The molecule has 0 saturated heterocycles. The van der Waals surface area contributed by atoms with Gasteiger partial charge in [0.05, 0.1) is 18.8 Å². The molecule has 0 saturated carbocycles. The molecule has 0 aliphatic carbocycles. The minimum Gasteiger partial charge on any atom is -0.491 e. The molecule has 6 heteroatoms. The van der Waals surface area contributed by atoms with Crippen LogP contribution < -0.4 is 10.1 Å². The molecule has 18 heavy (non-hydrogen) atoms. The first-order chi connectivity index (χ1) is 8.79. The van der Waals surface area contributed by atoms with Gasteiger partial charge in [0.2, 0.25) is 0 Å². The average Bonchev–Trinajstić information content (AvgIpc) is 2.96. The van der Waals surface area contributed by atoms with Crippen LogP contribution in [0, 0.1) is 0 Å². The number of rotatable bonds is 3. The van der Waals surface area contributed by atoms with Gasteiger partial charge in [0.1, 0.15) is 0 Å². The largest absolute Gasteiger partial charge is 0.491 e. The molecule has 0 atom stereocenters. The second-order valence-electron chi connectivity index (χ2n) is 3.93. The molecule has 3 rings (SSSR count). The maximum Gasteiger partial charge on any atom is 0.181 e. The van der Waals surface area contributed by atoms with Gasteiger partial charge in [-0.05, 0) is 12.1 Å². The normalized spacial score (nSPS) is 10.8. The first-order valence-corrected chi connectivity index (χ1v) is 5.55. The molecule has 1 aromatic carbocycles. The maximum atomic E-state index is 5.24. The van der Waals surface area contributed by atoms with Gasteiger partial charge in [-0.25, -0.2) is 4.68 Å². The zero-order chi connectivity index (χ0) is 12.5. The number of aromatic nitrogens is 4. The van der Waals surface area contributed by atoms with Crippen molar-refractivity contribution in [1.29, 1.82) is 0 Å². The van der Waals surface area contributed by atoms with Gasteiger partial charge in [0, 0.05) is 12.4 Å². The van der Waals surface area contributed by atoms with E-state index in [1.54, 1.807) is 18.0 Å². The van der Waals surface area contributed by atoms with Crippen LogP contribution in [0.2, 0.25) is 0 Å². The van der Waals surface area contributed by atoms with Crippen molar-refractivity contribution in [2.45, 2.75) is 0 Å². The van der Waals surface area contributed by atoms with E-state index in [4.69, 9.17) is 4.74 Å². The number of H-pyrrole nitrogens is 1. The highest BCUT2D eigenvalue weighted by atomic mass is 16.5. The summed E-state index contributed by atoms with van der Waals surface area (Å²) in [5, 5.41) is 15.6. The molecular weight excluding hydrogens is 230 g/mol. The SMILES string of the molecule is COc1cnn(C)c1Nc1n[nH]c2ccccc12. The Bertz CT molecular complexity index is 685. The highest BCUT2D eigenvalue weighted by Gasteiger charge is 2.12. The fraction of sp³-hybridized carbons (Fsp3) is 0.167. The molecule has 0 aliphatic heterocycles. The summed E-state index contributed by atoms with van der Waals surface area (Å²) < 4.78 is 6.95. The van der Waals surface area contributed by atoms with Crippen LogP contribution in [0.5, 0.6) is 5.75 Å². The molecule has 2 heterocycles. The topological polar surface area (TPSA) is 67.8 Å². The lowest BCUT2D eigenvalue weighted by Crippen LogP contribution is -2.01. The summed E-state index contributed by atoms with van der Waals surface area (Å²) in [6.45, 7) is 0. The summed E-state index contributed by atoms with van der Waals surface area (Å²) >= 11 is 0. The Morgan fingerprint density at radius 3 is 3.00 bits per heavy atom. The van der Waals surface area contributed by atoms with E-state index in [2.05, 4.69) is 20.6 Å². The number of hydrogen-bond donors (Lipinski definition) is 2. The summed E-state index contributed by atoms with van der Waals surface area (Å²) in [5.41, 5.74) is 0.987. The number of anilines is 2. The van der Waals surface area contributed by atoms with Gasteiger partial charge in [-0.3, -0.25) is 5.10 Å². The smallest absolute Gasteiger partial charge is 0.181 e. The highest BCUT2D eigenvalue weighted by molar-refractivity contribution is 5.91. The monoisotopic (exact) mass is 243 g/mol. The van der Waals surface area contributed by atoms with E-state index in [0.29, 0.717) is 5.75 Å². The van der Waals surface area contributed by atoms with Crippen molar-refractivity contribution in [3.63, 3.8) is 0 Å². The maximum absolute atomic E-state index is 5.24. The van der Waals surface area contributed by atoms with Gasteiger partial charge in [0.15, 0.2) is 17.4 Å². The number of fused-ring (bicyclic) bond motifs is 1. The molecule has 0 amide bonds. The summed E-state index contributed by atoms with van der Waals surface area (Å²) in [6.07, 6.45) is 1.66. The molecule has 0 radical (unpaired) electrons. The number of nitrogens with one attached hydrogen (secondary N) is 2. The van der Waals surface area contributed by atoms with Crippen molar-refractivity contribution in [1.82, 2.24) is 20.0 Å². The van der Waals surface area contributed by atoms with E-state index < -0.39 is 0 Å². The minimum atomic E-state index is 0.685. The molecule has 0 fully saturated rings. The van der Waals surface area contributed by atoms with Crippen LogP contribution in [0.25, 0.3) is 10.9 Å². The third-order valence-corrected chi connectivity index (χ3v) is 2.83. The van der Waals surface area contributed by atoms with E-state index in [1.165, 1.54) is 0 Å². The van der Waals surface area contributed by atoms with Crippen molar-refractivity contribution in [2.24, 2.45) is 7.05 Å². The first-order valence-electron chi connectivity index (χ1n) is 5.55. The number of ether oxygens (including phenoxy) is 1. The van der Waals surface area contributed by atoms with Crippen molar-refractivity contribution in [3.8, 4) is 5.75 Å². The Kier molecular flexibility index (Phi) is 2.40. The summed E-state index contributed by atoms with van der Waals surface area (Å²) in [6, 6.07) is 7.93. The Morgan fingerprint density at radius 2 is 2.17 bits per heavy atom. The Labute approximate surface area is 104 Å². The zero-order valence-corrected chi connectivity index (χ0v) is 10.1. The Hall–Kier alpha value is -2.50. The van der Waals surface area contributed by atoms with Crippen LogP contribution in [0.1, 0.15) is 0 Å². The quantitative estimate of drug-likeness (QED) is 0.738. The minimum absolute atomic E-state index is 0.685. The van der Waals surface area contributed by atoms with Gasteiger partial charge in [0.25, 0.3) is 0 Å². The van der Waals surface area contributed by atoms with Crippen LogP contribution >= 0.6 is 0 Å². The van der Waals surface area contributed by atoms with Crippen LogP contribution in [-0.2, 0) is 7.05 Å². The van der Waals surface area contributed by atoms with Gasteiger partial charge < -0.3 is 10.1 Å². The number of methoxy groups -OCH3 is 1. The van der Waals surface area contributed by atoms with E-state index in [9.17, 15) is 0 Å². The number of benzene rings is 1. The van der Waals surface area contributed by atoms with Crippen molar-refractivity contribution in [3.05, 3.63) is 30.5 Å². The molecular formula is C12H13N5O. The number of nitrogens with zero attached hydrogens (tertiary/aromatic N) is 3. The number of hydrogen-bond acceptors (Lipinski definition) is 4. The van der Waals surface area contributed by atoms with E-state index in [-0.39, 0.29) is 0 Å². The number of para-hydroxylation sites is 1. The van der Waals surface area contributed by atoms with E-state index in [0.717, 1.165) is 22.5 Å². The zero-order valence-electron chi connectivity index (χ0n) is 10.1. The molecule has 92 valence electrons. The van der Waals surface area contributed by atoms with E-state index in [1.807, 2.05) is 31.3 Å². The number of aryl methyl sites for hydroxylation is 1. The molecule has 2 N–H and O–H groups in total. The fourth-order valence-electron chi connectivity index (χ4n) is 1.88. The van der Waals surface area contributed by atoms with Gasteiger partial charge in [-0.15, -0.1) is 0 Å². The van der Waals surface area contributed by atoms with Crippen molar-refractivity contribution < 1.29 is 4.74 Å². The predicted octanol–water partition coefficient (Wildman–Crippen LogP) is 2.05. The average molecular weight is 243 g/mol. The fourth-order valence-corrected chi connectivity index (χ4v) is 1.88. The van der Waals surface area contributed by atoms with Crippen molar-refractivity contribution >= 4 is 22.5 Å². The van der Waals surface area contributed by atoms with Crippen LogP contribution in [-0.4, -0.2) is 27.1 Å². The highest BCUT2D eigenvalue weighted by Crippen LogP contribution is 2.28. The van der Waals surface area contributed by atoms with Crippen LogP contribution in [0.15, 0.2) is 30.5 Å². The summed E-state index contributed by atoms with van der Waals surface area (Å²) in [4.78, 5) is 0. The summed E-state index contributed by atoms with van der Waals surface area (Å²) in [7, 11) is 3.46. The van der Waals surface area contributed by atoms with Crippen LogP contribution in [0.3, 0.4) is 0 Å². The molecule has 0 unspecified atom stereocenters. The van der Waals surface area contributed by atoms with E-state index >= 15 is 0 Å². The molecule has 6 nitrogen and oxygen atoms in total. The molecule has 3 aromatic rings. The second kappa shape index (κ2) is 4.06. The van der Waals surface area contributed by atoms with Crippen LogP contribution in [0.4, 0.5) is 11.6 Å². The Balaban J connectivity index is 2.04. The van der Waals surface area contributed by atoms with Gasteiger partial charge in [-0.2, -0.15) is 10.2 Å². The molecule has 0 aliphatic rings. The third kappa shape index (κ3) is 1.58. The lowest BCUT2D eigenvalue weighted by Gasteiger charge is -2.06. The molecule has 0 bridgehead atoms.